The highest BCUT2D eigenvalue weighted by Crippen LogP contribution is 2.30. The molecule has 14 heteroatoms. The quantitative estimate of drug-likeness (QED) is 0.419. The molecule has 2 aliphatic rings. The van der Waals surface area contributed by atoms with Crippen molar-refractivity contribution in [2.45, 2.75) is 70.7 Å². The molecular formula is C29H39FN8O5. The second-order valence-electron chi connectivity index (χ2n) is 12.4. The predicted molar refractivity (Wildman–Crippen MR) is 156 cm³/mol. The first-order valence-electron chi connectivity index (χ1n) is 14.4. The highest BCUT2D eigenvalue weighted by molar-refractivity contribution is 5.70. The lowest BCUT2D eigenvalue weighted by molar-refractivity contribution is -0.0784. The molecule has 1 N–H and O–H groups in total. The third-order valence-corrected chi connectivity index (χ3v) is 7.39. The summed E-state index contributed by atoms with van der Waals surface area (Å²) in [6.07, 6.45) is 5.35. The van der Waals surface area contributed by atoms with Gasteiger partial charge in [0.1, 0.15) is 18.0 Å². The number of fused-ring (bicyclic) bond motifs is 1. The summed E-state index contributed by atoms with van der Waals surface area (Å²) in [5.41, 5.74) is 0.765. The Kier molecular flexibility index (Phi) is 8.30. The van der Waals surface area contributed by atoms with Crippen molar-refractivity contribution in [2.75, 3.05) is 45.2 Å². The maximum Gasteiger partial charge on any atom is 0.410 e. The Labute approximate surface area is 249 Å². The molecule has 5 rings (SSSR count). The number of carbonyl (C=O) groups is 2. The van der Waals surface area contributed by atoms with Gasteiger partial charge in [0.15, 0.2) is 11.3 Å². The summed E-state index contributed by atoms with van der Waals surface area (Å²) in [5.74, 6) is 0.987. The van der Waals surface area contributed by atoms with Crippen LogP contribution in [0.4, 0.5) is 19.8 Å². The van der Waals surface area contributed by atoms with E-state index < -0.39 is 30.1 Å². The number of carbonyl (C=O) groups excluding carboxylic acids is 2. The smallest absolute Gasteiger partial charge is 0.410 e. The molecule has 0 bridgehead atoms. The van der Waals surface area contributed by atoms with Crippen LogP contribution in [0.1, 0.15) is 58.9 Å². The summed E-state index contributed by atoms with van der Waals surface area (Å²) in [6, 6.07) is 2.25. The van der Waals surface area contributed by atoms with Gasteiger partial charge in [-0.3, -0.25) is 0 Å². The van der Waals surface area contributed by atoms with E-state index in [1.165, 1.54) is 12.0 Å². The summed E-state index contributed by atoms with van der Waals surface area (Å²) in [5, 5.41) is 8.17. The fourth-order valence-electron chi connectivity index (χ4n) is 5.07. The van der Waals surface area contributed by atoms with E-state index in [1.807, 2.05) is 12.3 Å². The first kappa shape index (κ1) is 30.2. The molecule has 2 fully saturated rings. The lowest BCUT2D eigenvalue weighted by Crippen LogP contribution is -2.64. The summed E-state index contributed by atoms with van der Waals surface area (Å²) in [4.78, 5) is 41.0. The highest BCUT2D eigenvalue weighted by atomic mass is 19.1. The van der Waals surface area contributed by atoms with Gasteiger partial charge in [0, 0.05) is 48.7 Å². The largest absolute Gasteiger partial charge is 0.467 e. The van der Waals surface area contributed by atoms with Crippen LogP contribution in [-0.4, -0.2) is 104 Å². The normalized spacial score (nSPS) is 17.1. The number of halogens is 1. The topological polar surface area (TPSA) is 136 Å². The average Bonchev–Trinajstić information content (AvgIpc) is 3.39. The number of ether oxygens (including phenoxy) is 3. The lowest BCUT2D eigenvalue weighted by atomic mass is 9.98. The van der Waals surface area contributed by atoms with E-state index in [-0.39, 0.29) is 31.1 Å². The van der Waals surface area contributed by atoms with Crippen LogP contribution in [0.3, 0.4) is 0 Å². The number of nitrogens with one attached hydrogen (secondary N) is 1. The lowest BCUT2D eigenvalue weighted by Gasteiger charge is -2.44. The number of hydrogen-bond acceptors (Lipinski definition) is 10. The summed E-state index contributed by atoms with van der Waals surface area (Å²) < 4.78 is 32.4. The number of alkyl halides is 1. The molecule has 0 unspecified atom stereocenters. The van der Waals surface area contributed by atoms with E-state index in [0.29, 0.717) is 31.6 Å². The molecule has 0 spiro atoms. The molecule has 0 aromatic carbocycles. The standard InChI is InChI=1S/C29H39FN8O5/c1-18(2)21-14-33-38-23(11-22(35-24(21)38)19-12-31-25(41-6)32-13-19)34-20-7-9-36(10-8-20)26(39)42-17-29(30)15-37(16-29)27(40)43-28(3,4)5/h11-14,18,20,34H,7-10,15-17H2,1-6H3. The molecule has 5 heterocycles. The zero-order valence-electron chi connectivity index (χ0n) is 25.5. The molecule has 0 radical (unpaired) electrons. The Morgan fingerprint density at radius 2 is 1.77 bits per heavy atom. The first-order chi connectivity index (χ1) is 20.3. The molecule has 232 valence electrons. The van der Waals surface area contributed by atoms with Gasteiger partial charge in [-0.1, -0.05) is 13.8 Å². The van der Waals surface area contributed by atoms with Crippen molar-refractivity contribution >= 4 is 23.7 Å². The molecule has 2 saturated heterocycles. The van der Waals surface area contributed by atoms with E-state index in [4.69, 9.17) is 19.2 Å². The van der Waals surface area contributed by atoms with Crippen LogP contribution >= 0.6 is 0 Å². The van der Waals surface area contributed by atoms with Gasteiger partial charge < -0.3 is 29.3 Å². The zero-order chi connectivity index (χ0) is 30.9. The van der Waals surface area contributed by atoms with Gasteiger partial charge in [-0.25, -0.2) is 28.9 Å². The van der Waals surface area contributed by atoms with E-state index in [9.17, 15) is 14.0 Å². The van der Waals surface area contributed by atoms with Crippen LogP contribution in [0, 0.1) is 0 Å². The Morgan fingerprint density at radius 3 is 2.37 bits per heavy atom. The van der Waals surface area contributed by atoms with Gasteiger partial charge >= 0.3 is 18.2 Å². The van der Waals surface area contributed by atoms with E-state index in [0.717, 1.165) is 22.6 Å². The van der Waals surface area contributed by atoms with Gasteiger partial charge in [0.25, 0.3) is 0 Å². The second-order valence-corrected chi connectivity index (χ2v) is 12.4. The molecule has 0 atom stereocenters. The number of piperidine rings is 1. The molecule has 0 saturated carbocycles. The minimum Gasteiger partial charge on any atom is -0.467 e. The maximum atomic E-state index is 15.0. The van der Waals surface area contributed by atoms with Gasteiger partial charge in [0.2, 0.25) is 0 Å². The summed E-state index contributed by atoms with van der Waals surface area (Å²) in [7, 11) is 1.51. The second kappa shape index (κ2) is 11.8. The Bertz CT molecular complexity index is 1460. The Morgan fingerprint density at radius 1 is 1.09 bits per heavy atom. The molecule has 13 nitrogen and oxygen atoms in total. The molecule has 3 aromatic heterocycles. The monoisotopic (exact) mass is 598 g/mol. The fraction of sp³-hybridized carbons (Fsp3) is 0.586. The van der Waals surface area contributed by atoms with Crippen LogP contribution in [-0.2, 0) is 9.47 Å². The zero-order valence-corrected chi connectivity index (χ0v) is 25.5. The van der Waals surface area contributed by atoms with Crippen molar-refractivity contribution in [3.8, 4) is 17.3 Å². The first-order valence-corrected chi connectivity index (χ1v) is 14.4. The van der Waals surface area contributed by atoms with E-state index in [2.05, 4.69) is 34.2 Å². The number of rotatable bonds is 7. The Hall–Kier alpha value is -4.23. The number of hydrogen-bond donors (Lipinski definition) is 1. The minimum absolute atomic E-state index is 0.0582. The highest BCUT2D eigenvalue weighted by Gasteiger charge is 2.48. The van der Waals surface area contributed by atoms with Crippen molar-refractivity contribution in [2.24, 2.45) is 0 Å². The third-order valence-electron chi connectivity index (χ3n) is 7.39. The van der Waals surface area contributed by atoms with E-state index in [1.54, 1.807) is 42.6 Å². The fourth-order valence-corrected chi connectivity index (χ4v) is 5.07. The molecule has 0 aliphatic carbocycles. The average molecular weight is 599 g/mol. The van der Waals surface area contributed by atoms with Crippen LogP contribution in [0.2, 0.25) is 0 Å². The van der Waals surface area contributed by atoms with Gasteiger partial charge in [-0.05, 0) is 39.5 Å². The number of amides is 2. The molecule has 43 heavy (non-hydrogen) atoms. The van der Waals surface area contributed by atoms with Crippen LogP contribution in [0.5, 0.6) is 6.01 Å². The van der Waals surface area contributed by atoms with Gasteiger partial charge in [0.05, 0.1) is 32.1 Å². The number of aromatic nitrogens is 5. The Balaban J connectivity index is 1.18. The maximum absolute atomic E-state index is 15.0. The number of nitrogens with zero attached hydrogens (tertiary/aromatic N) is 7. The van der Waals surface area contributed by atoms with Crippen molar-refractivity contribution in [3.63, 3.8) is 0 Å². The number of likely N-dealkylation sites (tertiary alicyclic amines) is 2. The summed E-state index contributed by atoms with van der Waals surface area (Å²) in [6.45, 7) is 9.59. The van der Waals surface area contributed by atoms with Crippen molar-refractivity contribution in [1.29, 1.82) is 0 Å². The molecular weight excluding hydrogens is 559 g/mol. The third kappa shape index (κ3) is 6.89. The SMILES string of the molecule is COc1ncc(-c2cc(NC3CCN(C(=O)OCC4(F)CN(C(=O)OC(C)(C)C)C4)CC3)n3ncc(C(C)C)c3n2)cn1. The van der Waals surface area contributed by atoms with Crippen molar-refractivity contribution in [3.05, 3.63) is 30.2 Å². The number of anilines is 1. The number of methoxy groups -OCH3 is 1. The molecule has 2 amide bonds. The minimum atomic E-state index is -1.77. The summed E-state index contributed by atoms with van der Waals surface area (Å²) >= 11 is 0. The molecule has 3 aromatic rings. The van der Waals surface area contributed by atoms with Crippen molar-refractivity contribution in [1.82, 2.24) is 34.4 Å². The van der Waals surface area contributed by atoms with E-state index >= 15 is 0 Å². The van der Waals surface area contributed by atoms with Crippen LogP contribution < -0.4 is 10.1 Å². The van der Waals surface area contributed by atoms with Gasteiger partial charge in [-0.2, -0.15) is 9.61 Å². The van der Waals surface area contributed by atoms with Crippen molar-refractivity contribution < 1.29 is 28.2 Å². The molecule has 2 aliphatic heterocycles. The van der Waals surface area contributed by atoms with Gasteiger partial charge in [-0.15, -0.1) is 0 Å². The predicted octanol–water partition coefficient (Wildman–Crippen LogP) is 4.29. The van der Waals surface area contributed by atoms with Crippen LogP contribution in [0.25, 0.3) is 16.9 Å². The van der Waals surface area contributed by atoms with Crippen LogP contribution in [0.15, 0.2) is 24.7 Å².